The van der Waals surface area contributed by atoms with Crippen molar-refractivity contribution in [2.75, 3.05) is 0 Å². The fraction of sp³-hybridized carbons (Fsp3) is 0.333. The first-order chi connectivity index (χ1) is 10.2. The molecule has 0 atom stereocenters. The zero-order valence-electron chi connectivity index (χ0n) is 13.1. The minimum absolute atomic E-state index is 0.101. The van der Waals surface area contributed by atoms with Crippen LogP contribution in [0.15, 0.2) is 36.4 Å². The zero-order chi connectivity index (χ0) is 16.9. The number of hydrogen-bond donors (Lipinski definition) is 0. The third kappa shape index (κ3) is 5.06. The van der Waals surface area contributed by atoms with Crippen molar-refractivity contribution < 1.29 is 13.2 Å². The molecule has 0 radical (unpaired) electrons. The summed E-state index contributed by atoms with van der Waals surface area (Å²) in [4.78, 5) is 0. The van der Waals surface area contributed by atoms with Gasteiger partial charge < -0.3 is 0 Å². The SMILES string of the molecule is CC(C)c1c(F)cccc1F.CC(C)c1ccc(Cl)cc1F. The van der Waals surface area contributed by atoms with Gasteiger partial charge in [0.1, 0.15) is 17.5 Å². The van der Waals surface area contributed by atoms with Crippen LogP contribution in [-0.4, -0.2) is 0 Å². The van der Waals surface area contributed by atoms with Crippen LogP contribution >= 0.6 is 11.6 Å². The minimum atomic E-state index is -0.458. The van der Waals surface area contributed by atoms with E-state index >= 15 is 0 Å². The van der Waals surface area contributed by atoms with E-state index in [9.17, 15) is 13.2 Å². The van der Waals surface area contributed by atoms with Gasteiger partial charge in [0.05, 0.1) is 0 Å². The zero-order valence-corrected chi connectivity index (χ0v) is 13.9. The van der Waals surface area contributed by atoms with Crippen molar-refractivity contribution in [1.29, 1.82) is 0 Å². The highest BCUT2D eigenvalue weighted by Gasteiger charge is 2.10. The summed E-state index contributed by atoms with van der Waals surface area (Å²) in [6.45, 7) is 7.43. The molecule has 2 rings (SSSR count). The molecule has 120 valence electrons. The summed E-state index contributed by atoms with van der Waals surface area (Å²) in [7, 11) is 0. The van der Waals surface area contributed by atoms with Gasteiger partial charge >= 0.3 is 0 Å². The van der Waals surface area contributed by atoms with Crippen LogP contribution in [0.5, 0.6) is 0 Å². The smallest absolute Gasteiger partial charge is 0.129 e. The molecule has 0 saturated heterocycles. The number of rotatable bonds is 2. The molecule has 0 aliphatic carbocycles. The van der Waals surface area contributed by atoms with Crippen molar-refractivity contribution in [2.24, 2.45) is 0 Å². The van der Waals surface area contributed by atoms with Crippen molar-refractivity contribution in [2.45, 2.75) is 39.5 Å². The maximum Gasteiger partial charge on any atom is 0.129 e. The van der Waals surface area contributed by atoms with Crippen molar-refractivity contribution in [3.8, 4) is 0 Å². The Kier molecular flexibility index (Phi) is 6.95. The van der Waals surface area contributed by atoms with E-state index < -0.39 is 11.6 Å². The first kappa shape index (κ1) is 18.6. The molecular formula is C18H20ClF3. The molecule has 0 fully saturated rings. The molecule has 0 nitrogen and oxygen atoms in total. The van der Waals surface area contributed by atoms with Gasteiger partial charge in [0.15, 0.2) is 0 Å². The second kappa shape index (κ2) is 8.23. The topological polar surface area (TPSA) is 0 Å². The third-order valence-electron chi connectivity index (χ3n) is 3.16. The van der Waals surface area contributed by atoms with Crippen LogP contribution in [0.4, 0.5) is 13.2 Å². The summed E-state index contributed by atoms with van der Waals surface area (Å²) in [5, 5.41) is 0.451. The highest BCUT2D eigenvalue weighted by atomic mass is 35.5. The molecule has 2 aromatic carbocycles. The van der Waals surface area contributed by atoms with Crippen LogP contribution in [0, 0.1) is 17.5 Å². The van der Waals surface area contributed by atoms with Gasteiger partial charge in [-0.1, -0.05) is 51.4 Å². The summed E-state index contributed by atoms with van der Waals surface area (Å²) in [5.41, 5.74) is 0.891. The Labute approximate surface area is 134 Å². The van der Waals surface area contributed by atoms with Gasteiger partial charge in [0.25, 0.3) is 0 Å². The lowest BCUT2D eigenvalue weighted by Gasteiger charge is -2.06. The number of hydrogen-bond acceptors (Lipinski definition) is 0. The van der Waals surface area contributed by atoms with Crippen LogP contribution < -0.4 is 0 Å². The first-order valence-electron chi connectivity index (χ1n) is 7.12. The van der Waals surface area contributed by atoms with Crippen molar-refractivity contribution in [1.82, 2.24) is 0 Å². The van der Waals surface area contributed by atoms with Gasteiger partial charge in [0, 0.05) is 10.6 Å². The predicted molar refractivity (Wildman–Crippen MR) is 85.9 cm³/mol. The average Bonchev–Trinajstić information content (AvgIpc) is 2.38. The molecule has 0 amide bonds. The summed E-state index contributed by atoms with van der Waals surface area (Å²) >= 11 is 5.58. The second-order valence-electron chi connectivity index (χ2n) is 5.61. The maximum absolute atomic E-state index is 13.0. The van der Waals surface area contributed by atoms with Crippen molar-refractivity contribution in [3.63, 3.8) is 0 Å². The summed E-state index contributed by atoms with van der Waals surface area (Å²) in [6.07, 6.45) is 0. The molecule has 0 heterocycles. The van der Waals surface area contributed by atoms with Gasteiger partial charge in [-0.25, -0.2) is 13.2 Å². The first-order valence-corrected chi connectivity index (χ1v) is 7.50. The predicted octanol–water partition coefficient (Wildman–Crippen LogP) is 6.69. The highest BCUT2D eigenvalue weighted by Crippen LogP contribution is 2.21. The van der Waals surface area contributed by atoms with Gasteiger partial charge in [-0.2, -0.15) is 0 Å². The van der Waals surface area contributed by atoms with Crippen LogP contribution in [-0.2, 0) is 0 Å². The van der Waals surface area contributed by atoms with E-state index in [1.54, 1.807) is 26.0 Å². The van der Waals surface area contributed by atoms with Gasteiger partial charge in [-0.05, 0) is 41.7 Å². The van der Waals surface area contributed by atoms with Crippen molar-refractivity contribution >= 4 is 11.6 Å². The lowest BCUT2D eigenvalue weighted by atomic mass is 10.0. The minimum Gasteiger partial charge on any atom is -0.207 e. The van der Waals surface area contributed by atoms with Gasteiger partial charge in [-0.3, -0.25) is 0 Å². The molecule has 0 N–H and O–H groups in total. The van der Waals surface area contributed by atoms with Crippen LogP contribution in [0.3, 0.4) is 0 Å². The molecule has 0 aromatic heterocycles. The van der Waals surface area contributed by atoms with E-state index in [1.807, 2.05) is 13.8 Å². The molecular weight excluding hydrogens is 309 g/mol. The monoisotopic (exact) mass is 328 g/mol. The lowest BCUT2D eigenvalue weighted by molar-refractivity contribution is 0.542. The molecule has 2 aromatic rings. The molecule has 0 saturated carbocycles. The lowest BCUT2D eigenvalue weighted by Crippen LogP contribution is -1.96. The van der Waals surface area contributed by atoms with Crippen molar-refractivity contribution in [3.05, 3.63) is 70.0 Å². The largest absolute Gasteiger partial charge is 0.207 e. The Balaban J connectivity index is 0.000000220. The van der Waals surface area contributed by atoms with E-state index in [2.05, 4.69) is 0 Å². The fourth-order valence-electron chi connectivity index (χ4n) is 2.03. The van der Waals surface area contributed by atoms with E-state index in [4.69, 9.17) is 11.6 Å². The Bertz CT molecular complexity index is 601. The normalized spacial score (nSPS) is 10.6. The average molecular weight is 329 g/mol. The second-order valence-corrected chi connectivity index (χ2v) is 6.05. The summed E-state index contributed by atoms with van der Waals surface area (Å²) in [5.74, 6) is -1.02. The Morgan fingerprint density at radius 2 is 1.32 bits per heavy atom. The van der Waals surface area contributed by atoms with E-state index in [0.717, 1.165) is 5.56 Å². The molecule has 0 aliphatic heterocycles. The molecule has 0 aliphatic rings. The quantitative estimate of drug-likeness (QED) is 0.576. The highest BCUT2D eigenvalue weighted by molar-refractivity contribution is 6.30. The van der Waals surface area contributed by atoms with Crippen LogP contribution in [0.25, 0.3) is 0 Å². The number of halogens is 4. The van der Waals surface area contributed by atoms with E-state index in [1.165, 1.54) is 24.3 Å². The summed E-state index contributed by atoms with van der Waals surface area (Å²) < 4.78 is 38.7. The maximum atomic E-state index is 13.0. The standard InChI is InChI=1S/C9H10ClF.C9H10F2/c1-6(2)8-4-3-7(10)5-9(8)11;1-6(2)9-7(10)4-3-5-8(9)11/h2*3-6H,1-2H3. The van der Waals surface area contributed by atoms with Gasteiger partial charge in [-0.15, -0.1) is 0 Å². The molecule has 0 unspecified atom stereocenters. The molecule has 22 heavy (non-hydrogen) atoms. The Morgan fingerprint density at radius 3 is 1.68 bits per heavy atom. The van der Waals surface area contributed by atoms with E-state index in [0.29, 0.717) is 5.02 Å². The fourth-order valence-corrected chi connectivity index (χ4v) is 2.19. The molecule has 0 bridgehead atoms. The van der Waals surface area contributed by atoms with Gasteiger partial charge in [0.2, 0.25) is 0 Å². The Morgan fingerprint density at radius 1 is 0.773 bits per heavy atom. The number of benzene rings is 2. The van der Waals surface area contributed by atoms with Crippen LogP contribution in [0.2, 0.25) is 5.02 Å². The molecule has 0 spiro atoms. The summed E-state index contributed by atoms with van der Waals surface area (Å²) in [6, 6.07) is 8.70. The van der Waals surface area contributed by atoms with E-state index in [-0.39, 0.29) is 23.2 Å². The Hall–Kier alpha value is -1.48. The molecule has 4 heteroatoms. The third-order valence-corrected chi connectivity index (χ3v) is 3.40. The van der Waals surface area contributed by atoms with Crippen LogP contribution in [0.1, 0.15) is 50.7 Å².